The maximum Gasteiger partial charge on any atom is 0.305 e. The highest BCUT2D eigenvalue weighted by Gasteiger charge is 2.16. The van der Waals surface area contributed by atoms with E-state index in [1.807, 2.05) is 0 Å². The zero-order valence-electron chi connectivity index (χ0n) is 13.5. The molecule has 0 aliphatic heterocycles. The van der Waals surface area contributed by atoms with E-state index < -0.39 is 18.2 Å². The SMILES string of the molecule is CCCCCCCCC(=O)CCC(OC(C)=O)OC(C)=O. The van der Waals surface area contributed by atoms with Crippen LogP contribution in [-0.4, -0.2) is 24.0 Å². The van der Waals surface area contributed by atoms with Crippen molar-refractivity contribution in [3.05, 3.63) is 0 Å². The summed E-state index contributed by atoms with van der Waals surface area (Å²) >= 11 is 0. The van der Waals surface area contributed by atoms with Gasteiger partial charge in [0.25, 0.3) is 0 Å². The van der Waals surface area contributed by atoms with Crippen LogP contribution in [-0.2, 0) is 23.9 Å². The maximum atomic E-state index is 11.7. The molecule has 0 aromatic heterocycles. The largest absolute Gasteiger partial charge is 0.425 e. The second kappa shape index (κ2) is 12.4. The van der Waals surface area contributed by atoms with Gasteiger partial charge in [0.05, 0.1) is 0 Å². The monoisotopic (exact) mass is 300 g/mol. The van der Waals surface area contributed by atoms with E-state index >= 15 is 0 Å². The van der Waals surface area contributed by atoms with E-state index in [0.29, 0.717) is 6.42 Å². The van der Waals surface area contributed by atoms with E-state index in [9.17, 15) is 14.4 Å². The van der Waals surface area contributed by atoms with E-state index in [0.717, 1.165) is 12.8 Å². The van der Waals surface area contributed by atoms with Gasteiger partial charge in [0.2, 0.25) is 6.29 Å². The molecule has 0 unspecified atom stereocenters. The Labute approximate surface area is 127 Å². The molecule has 0 aliphatic carbocycles. The third-order valence-corrected chi connectivity index (χ3v) is 3.06. The van der Waals surface area contributed by atoms with Crippen LogP contribution in [0.5, 0.6) is 0 Å². The predicted octanol–water partition coefficient (Wildman–Crippen LogP) is 3.54. The average Bonchev–Trinajstić information content (AvgIpc) is 2.38. The highest BCUT2D eigenvalue weighted by molar-refractivity contribution is 5.78. The molecule has 5 nitrogen and oxygen atoms in total. The Hall–Kier alpha value is -1.39. The number of carbonyl (C=O) groups excluding carboxylic acids is 3. The van der Waals surface area contributed by atoms with Crippen LogP contribution >= 0.6 is 0 Å². The average molecular weight is 300 g/mol. The molecule has 0 aromatic rings. The second-order valence-corrected chi connectivity index (χ2v) is 5.24. The van der Waals surface area contributed by atoms with Crippen LogP contribution in [0, 0.1) is 0 Å². The Kier molecular flexibility index (Phi) is 11.5. The summed E-state index contributed by atoms with van der Waals surface area (Å²) in [6.07, 6.45) is 6.92. The van der Waals surface area contributed by atoms with Crippen molar-refractivity contribution in [3.63, 3.8) is 0 Å². The maximum absolute atomic E-state index is 11.7. The van der Waals surface area contributed by atoms with Crippen molar-refractivity contribution in [1.29, 1.82) is 0 Å². The fourth-order valence-corrected chi connectivity index (χ4v) is 2.02. The molecule has 0 fully saturated rings. The number of ketones is 1. The first-order chi connectivity index (χ1) is 9.95. The van der Waals surface area contributed by atoms with E-state index in [1.165, 1.54) is 39.5 Å². The Bertz CT molecular complexity index is 309. The number of unbranched alkanes of at least 4 members (excludes halogenated alkanes) is 5. The highest BCUT2D eigenvalue weighted by Crippen LogP contribution is 2.11. The van der Waals surface area contributed by atoms with Crippen molar-refractivity contribution in [1.82, 2.24) is 0 Å². The summed E-state index contributed by atoms with van der Waals surface area (Å²) in [7, 11) is 0. The van der Waals surface area contributed by atoms with Crippen molar-refractivity contribution in [2.24, 2.45) is 0 Å². The van der Waals surface area contributed by atoms with Crippen molar-refractivity contribution >= 4 is 17.7 Å². The summed E-state index contributed by atoms with van der Waals surface area (Å²) in [6, 6.07) is 0. The van der Waals surface area contributed by atoms with E-state index in [4.69, 9.17) is 9.47 Å². The van der Waals surface area contributed by atoms with Crippen LogP contribution in [0.15, 0.2) is 0 Å². The molecule has 0 amide bonds. The van der Waals surface area contributed by atoms with Crippen molar-refractivity contribution < 1.29 is 23.9 Å². The van der Waals surface area contributed by atoms with Gasteiger partial charge >= 0.3 is 11.9 Å². The van der Waals surface area contributed by atoms with Gasteiger partial charge in [-0.05, 0) is 6.42 Å². The minimum Gasteiger partial charge on any atom is -0.425 e. The number of Topliss-reactive ketones (excluding diaryl/α,β-unsaturated/α-hetero) is 1. The molecule has 0 N–H and O–H groups in total. The van der Waals surface area contributed by atoms with Crippen LogP contribution in [0.25, 0.3) is 0 Å². The van der Waals surface area contributed by atoms with Gasteiger partial charge in [0.15, 0.2) is 0 Å². The molecule has 0 saturated heterocycles. The van der Waals surface area contributed by atoms with Gasteiger partial charge < -0.3 is 9.47 Å². The molecule has 5 heteroatoms. The molecule has 0 heterocycles. The third kappa shape index (κ3) is 13.4. The fraction of sp³-hybridized carbons (Fsp3) is 0.812. The number of hydrogen-bond acceptors (Lipinski definition) is 5. The fourth-order valence-electron chi connectivity index (χ4n) is 2.02. The van der Waals surface area contributed by atoms with Gasteiger partial charge in [-0.1, -0.05) is 39.0 Å². The van der Waals surface area contributed by atoms with Gasteiger partial charge in [0, 0.05) is 33.1 Å². The lowest BCUT2D eigenvalue weighted by atomic mass is 10.1. The van der Waals surface area contributed by atoms with Crippen LogP contribution in [0.3, 0.4) is 0 Å². The molecule has 0 aliphatic rings. The van der Waals surface area contributed by atoms with Crippen LogP contribution < -0.4 is 0 Å². The Balaban J connectivity index is 3.80. The smallest absolute Gasteiger partial charge is 0.305 e. The molecular weight excluding hydrogens is 272 g/mol. The lowest BCUT2D eigenvalue weighted by Crippen LogP contribution is -2.23. The summed E-state index contributed by atoms with van der Waals surface area (Å²) in [5.74, 6) is -0.927. The molecule has 0 bridgehead atoms. The lowest BCUT2D eigenvalue weighted by Gasteiger charge is -2.16. The summed E-state index contributed by atoms with van der Waals surface area (Å²) in [5, 5.41) is 0. The number of hydrogen-bond donors (Lipinski definition) is 0. The summed E-state index contributed by atoms with van der Waals surface area (Å²) in [6.45, 7) is 4.66. The van der Waals surface area contributed by atoms with Crippen LogP contribution in [0.4, 0.5) is 0 Å². The Morgan fingerprint density at radius 1 is 0.810 bits per heavy atom. The Morgan fingerprint density at radius 2 is 1.33 bits per heavy atom. The summed E-state index contributed by atoms with van der Waals surface area (Å²) in [4.78, 5) is 33.5. The minimum atomic E-state index is -0.950. The molecule has 21 heavy (non-hydrogen) atoms. The number of carbonyl (C=O) groups is 3. The number of ether oxygens (including phenoxy) is 2. The lowest BCUT2D eigenvalue weighted by molar-refractivity contribution is -0.186. The number of esters is 2. The van der Waals surface area contributed by atoms with Gasteiger partial charge in [0.1, 0.15) is 5.78 Å². The quantitative estimate of drug-likeness (QED) is 0.313. The van der Waals surface area contributed by atoms with Gasteiger partial charge in [-0.3, -0.25) is 14.4 Å². The standard InChI is InChI=1S/C16H28O5/c1-4-5-6-7-8-9-10-15(19)11-12-16(20-13(2)17)21-14(3)18/h16H,4-12H2,1-3H3. The van der Waals surface area contributed by atoms with Crippen LogP contribution in [0.1, 0.15) is 78.6 Å². The molecular formula is C16H28O5. The third-order valence-electron chi connectivity index (χ3n) is 3.06. The second-order valence-electron chi connectivity index (χ2n) is 5.24. The zero-order valence-corrected chi connectivity index (χ0v) is 13.5. The van der Waals surface area contributed by atoms with Crippen LogP contribution in [0.2, 0.25) is 0 Å². The van der Waals surface area contributed by atoms with E-state index in [1.54, 1.807) is 0 Å². The van der Waals surface area contributed by atoms with Gasteiger partial charge in [-0.2, -0.15) is 0 Å². The Morgan fingerprint density at radius 3 is 1.86 bits per heavy atom. The highest BCUT2D eigenvalue weighted by atomic mass is 16.7. The molecule has 0 rings (SSSR count). The van der Waals surface area contributed by atoms with E-state index in [-0.39, 0.29) is 18.6 Å². The molecule has 122 valence electrons. The van der Waals surface area contributed by atoms with Crippen molar-refractivity contribution in [2.75, 3.05) is 0 Å². The molecule has 0 atom stereocenters. The zero-order chi connectivity index (χ0) is 16.1. The topological polar surface area (TPSA) is 69.7 Å². The molecule has 0 spiro atoms. The van der Waals surface area contributed by atoms with Crippen molar-refractivity contribution in [2.45, 2.75) is 84.8 Å². The first-order valence-electron chi connectivity index (χ1n) is 7.81. The first kappa shape index (κ1) is 19.6. The van der Waals surface area contributed by atoms with Crippen molar-refractivity contribution in [3.8, 4) is 0 Å². The first-order valence-corrected chi connectivity index (χ1v) is 7.81. The van der Waals surface area contributed by atoms with Gasteiger partial charge in [-0.15, -0.1) is 0 Å². The van der Waals surface area contributed by atoms with E-state index in [2.05, 4.69) is 6.92 Å². The molecule has 0 radical (unpaired) electrons. The summed E-state index contributed by atoms with van der Waals surface area (Å²) < 4.78 is 9.69. The minimum absolute atomic E-state index is 0.120. The molecule has 0 saturated carbocycles. The normalized spacial score (nSPS) is 10.5. The number of rotatable bonds is 12. The van der Waals surface area contributed by atoms with Gasteiger partial charge in [-0.25, -0.2) is 0 Å². The summed E-state index contributed by atoms with van der Waals surface area (Å²) in [5.41, 5.74) is 0. The predicted molar refractivity (Wildman–Crippen MR) is 79.6 cm³/mol. The molecule has 0 aromatic carbocycles.